The summed E-state index contributed by atoms with van der Waals surface area (Å²) in [5.74, 6) is 2.23. The highest BCUT2D eigenvalue weighted by molar-refractivity contribution is 5.25. The number of nitro groups is 1. The Kier molecular flexibility index (Phi) is 4.57. The van der Waals surface area contributed by atoms with E-state index in [4.69, 9.17) is 0 Å². The SMILES string of the molecule is C[C@@H]1CC(CCn2ccc(=O)c([N+](=O)[O-])c2)C[C@@H](C)C1. The van der Waals surface area contributed by atoms with Crippen molar-refractivity contribution in [2.24, 2.45) is 17.8 Å². The van der Waals surface area contributed by atoms with Crippen LogP contribution in [-0.4, -0.2) is 9.49 Å². The Bertz CT molecular complexity index is 528. The molecule has 1 aromatic rings. The first-order chi connectivity index (χ1) is 9.45. The van der Waals surface area contributed by atoms with E-state index >= 15 is 0 Å². The molecule has 110 valence electrons. The Morgan fingerprint density at radius 3 is 2.55 bits per heavy atom. The van der Waals surface area contributed by atoms with Crippen molar-refractivity contribution in [3.8, 4) is 0 Å². The van der Waals surface area contributed by atoms with Crippen LogP contribution < -0.4 is 5.43 Å². The molecule has 2 rings (SSSR count). The van der Waals surface area contributed by atoms with Crippen molar-refractivity contribution in [2.45, 2.75) is 46.1 Å². The van der Waals surface area contributed by atoms with E-state index in [1.165, 1.54) is 31.5 Å². The Morgan fingerprint density at radius 1 is 1.30 bits per heavy atom. The van der Waals surface area contributed by atoms with Gasteiger partial charge in [0.1, 0.15) is 0 Å². The van der Waals surface area contributed by atoms with Gasteiger partial charge in [-0.3, -0.25) is 14.9 Å². The minimum Gasteiger partial charge on any atom is -0.348 e. The summed E-state index contributed by atoms with van der Waals surface area (Å²) in [6, 6.07) is 1.28. The monoisotopic (exact) mass is 278 g/mol. The van der Waals surface area contributed by atoms with Crippen LogP contribution >= 0.6 is 0 Å². The van der Waals surface area contributed by atoms with E-state index in [1.54, 1.807) is 10.8 Å². The second-order valence-electron chi connectivity index (χ2n) is 6.26. The first kappa shape index (κ1) is 14.8. The zero-order valence-electron chi connectivity index (χ0n) is 12.1. The topological polar surface area (TPSA) is 65.1 Å². The fourth-order valence-electron chi connectivity index (χ4n) is 3.47. The lowest BCUT2D eigenvalue weighted by molar-refractivity contribution is -0.386. The van der Waals surface area contributed by atoms with Crippen molar-refractivity contribution < 1.29 is 4.92 Å². The second kappa shape index (κ2) is 6.20. The molecule has 0 unspecified atom stereocenters. The van der Waals surface area contributed by atoms with Gasteiger partial charge in [-0.15, -0.1) is 0 Å². The molecule has 1 fully saturated rings. The lowest BCUT2D eigenvalue weighted by atomic mass is 9.75. The van der Waals surface area contributed by atoms with Crippen molar-refractivity contribution in [2.75, 3.05) is 0 Å². The molecule has 0 radical (unpaired) electrons. The zero-order valence-corrected chi connectivity index (χ0v) is 12.1. The fourth-order valence-corrected chi connectivity index (χ4v) is 3.47. The predicted molar refractivity (Wildman–Crippen MR) is 77.6 cm³/mol. The quantitative estimate of drug-likeness (QED) is 0.627. The van der Waals surface area contributed by atoms with Crippen LogP contribution in [0.5, 0.6) is 0 Å². The standard InChI is InChI=1S/C15H22N2O3/c1-11-7-12(2)9-13(8-11)3-5-16-6-4-15(18)14(10-16)17(19)20/h4,6,10-13H,3,5,7-9H2,1-2H3/t11-,12-/m0/s1. The molecule has 5 nitrogen and oxygen atoms in total. The number of aromatic nitrogens is 1. The molecule has 1 heterocycles. The maximum absolute atomic E-state index is 11.3. The van der Waals surface area contributed by atoms with Crippen LogP contribution in [0.25, 0.3) is 0 Å². The molecule has 0 saturated heterocycles. The maximum Gasteiger partial charge on any atom is 0.332 e. The molecule has 2 atom stereocenters. The van der Waals surface area contributed by atoms with Crippen molar-refractivity contribution in [3.05, 3.63) is 38.8 Å². The van der Waals surface area contributed by atoms with Crippen LogP contribution in [0.4, 0.5) is 5.69 Å². The van der Waals surface area contributed by atoms with Gasteiger partial charge in [0.25, 0.3) is 5.43 Å². The molecule has 1 aliphatic rings. The van der Waals surface area contributed by atoms with Gasteiger partial charge in [0, 0.05) is 18.8 Å². The van der Waals surface area contributed by atoms with E-state index < -0.39 is 10.4 Å². The number of rotatable bonds is 4. The van der Waals surface area contributed by atoms with Gasteiger partial charge in [-0.2, -0.15) is 0 Å². The van der Waals surface area contributed by atoms with Gasteiger partial charge in [0.05, 0.1) is 11.1 Å². The third-order valence-electron chi connectivity index (χ3n) is 4.23. The summed E-state index contributed by atoms with van der Waals surface area (Å²) >= 11 is 0. The lowest BCUT2D eigenvalue weighted by Gasteiger charge is -2.31. The minimum absolute atomic E-state index is 0.335. The first-order valence-corrected chi connectivity index (χ1v) is 7.30. The maximum atomic E-state index is 11.3. The van der Waals surface area contributed by atoms with Gasteiger partial charge in [-0.1, -0.05) is 13.8 Å². The van der Waals surface area contributed by atoms with Crippen molar-refractivity contribution in [1.29, 1.82) is 0 Å². The van der Waals surface area contributed by atoms with Gasteiger partial charge in [-0.25, -0.2) is 0 Å². The van der Waals surface area contributed by atoms with Gasteiger partial charge >= 0.3 is 5.69 Å². The molecule has 1 saturated carbocycles. The number of nitrogens with zero attached hydrogens (tertiary/aromatic N) is 2. The molecule has 1 aromatic heterocycles. The zero-order chi connectivity index (χ0) is 14.7. The molecular weight excluding hydrogens is 256 g/mol. The van der Waals surface area contributed by atoms with E-state index in [0.717, 1.165) is 24.8 Å². The summed E-state index contributed by atoms with van der Waals surface area (Å²) in [6.07, 6.45) is 7.82. The van der Waals surface area contributed by atoms with E-state index in [-0.39, 0.29) is 5.69 Å². The number of pyridine rings is 1. The first-order valence-electron chi connectivity index (χ1n) is 7.30. The smallest absolute Gasteiger partial charge is 0.332 e. The Morgan fingerprint density at radius 2 is 1.95 bits per heavy atom. The van der Waals surface area contributed by atoms with Crippen LogP contribution in [0.1, 0.15) is 39.5 Å². The van der Waals surface area contributed by atoms with Gasteiger partial charge in [0.15, 0.2) is 0 Å². The third-order valence-corrected chi connectivity index (χ3v) is 4.23. The Balaban J connectivity index is 1.99. The van der Waals surface area contributed by atoms with Crippen molar-refractivity contribution >= 4 is 5.69 Å². The molecule has 0 bridgehead atoms. The average Bonchev–Trinajstić information content (AvgIpc) is 2.36. The summed E-state index contributed by atoms with van der Waals surface area (Å²) in [5, 5.41) is 10.8. The number of aryl methyl sites for hydroxylation is 1. The second-order valence-corrected chi connectivity index (χ2v) is 6.26. The van der Waals surface area contributed by atoms with Gasteiger partial charge in [-0.05, 0) is 43.4 Å². The number of hydrogen-bond donors (Lipinski definition) is 0. The summed E-state index contributed by atoms with van der Waals surface area (Å²) in [4.78, 5) is 21.5. The average molecular weight is 278 g/mol. The molecule has 0 amide bonds. The van der Waals surface area contributed by atoms with E-state index in [2.05, 4.69) is 13.8 Å². The molecule has 0 aliphatic heterocycles. The molecular formula is C15H22N2O3. The van der Waals surface area contributed by atoms with Crippen LogP contribution in [0.15, 0.2) is 23.3 Å². The Labute approximate surface area is 118 Å². The highest BCUT2D eigenvalue weighted by atomic mass is 16.6. The van der Waals surface area contributed by atoms with Crippen LogP contribution in [-0.2, 0) is 6.54 Å². The molecule has 1 aliphatic carbocycles. The molecule has 0 spiro atoms. The molecule has 5 heteroatoms. The predicted octanol–water partition coefficient (Wildman–Crippen LogP) is 3.22. The van der Waals surface area contributed by atoms with Crippen LogP contribution in [0.2, 0.25) is 0 Å². The van der Waals surface area contributed by atoms with Crippen LogP contribution in [0, 0.1) is 27.9 Å². The summed E-state index contributed by atoms with van der Waals surface area (Å²) in [6.45, 7) is 5.34. The van der Waals surface area contributed by atoms with E-state index in [9.17, 15) is 14.9 Å². The molecule has 0 aromatic carbocycles. The third kappa shape index (κ3) is 3.68. The highest BCUT2D eigenvalue weighted by Gasteiger charge is 2.23. The van der Waals surface area contributed by atoms with Crippen molar-refractivity contribution in [1.82, 2.24) is 4.57 Å². The summed E-state index contributed by atoms with van der Waals surface area (Å²) < 4.78 is 1.77. The normalized spacial score (nSPS) is 26.4. The Hall–Kier alpha value is -1.65. The van der Waals surface area contributed by atoms with E-state index in [0.29, 0.717) is 5.92 Å². The molecule has 0 N–H and O–H groups in total. The summed E-state index contributed by atoms with van der Waals surface area (Å²) in [7, 11) is 0. The summed E-state index contributed by atoms with van der Waals surface area (Å²) in [5.41, 5.74) is -0.857. The number of hydrogen-bond acceptors (Lipinski definition) is 3. The van der Waals surface area contributed by atoms with Gasteiger partial charge < -0.3 is 4.57 Å². The lowest BCUT2D eigenvalue weighted by Crippen LogP contribution is -2.21. The van der Waals surface area contributed by atoms with Gasteiger partial charge in [0.2, 0.25) is 0 Å². The molecule has 20 heavy (non-hydrogen) atoms. The highest BCUT2D eigenvalue weighted by Crippen LogP contribution is 2.34. The van der Waals surface area contributed by atoms with Crippen LogP contribution in [0.3, 0.4) is 0 Å². The largest absolute Gasteiger partial charge is 0.348 e. The van der Waals surface area contributed by atoms with Crippen molar-refractivity contribution in [3.63, 3.8) is 0 Å². The fraction of sp³-hybridized carbons (Fsp3) is 0.667. The van der Waals surface area contributed by atoms with E-state index in [1.807, 2.05) is 0 Å². The minimum atomic E-state index is -0.608.